The van der Waals surface area contributed by atoms with Gasteiger partial charge in [0.1, 0.15) is 16.7 Å². The highest BCUT2D eigenvalue weighted by atomic mass is 32.1. The molecular formula is C21H12FN7S. The van der Waals surface area contributed by atoms with Crippen molar-refractivity contribution in [1.82, 2.24) is 35.1 Å². The number of pyridine rings is 3. The van der Waals surface area contributed by atoms with E-state index in [0.29, 0.717) is 28.2 Å². The van der Waals surface area contributed by atoms with Gasteiger partial charge in [-0.25, -0.2) is 9.97 Å². The third-order valence-corrected chi connectivity index (χ3v) is 5.68. The fraction of sp³-hybridized carbons (Fsp3) is 0. The molecule has 0 saturated carbocycles. The van der Waals surface area contributed by atoms with E-state index in [4.69, 9.17) is 9.97 Å². The maximum absolute atomic E-state index is 13.5. The van der Waals surface area contributed by atoms with Crippen LogP contribution in [0, 0.1) is 5.13 Å². The molecule has 30 heavy (non-hydrogen) atoms. The fourth-order valence-electron chi connectivity index (χ4n) is 3.41. The third-order valence-electron chi connectivity index (χ3n) is 4.80. The third kappa shape index (κ3) is 2.67. The summed E-state index contributed by atoms with van der Waals surface area (Å²) in [6.45, 7) is 0. The van der Waals surface area contributed by atoms with Crippen LogP contribution >= 0.6 is 11.3 Å². The van der Waals surface area contributed by atoms with E-state index >= 15 is 0 Å². The minimum absolute atomic E-state index is 0.259. The first-order chi connectivity index (χ1) is 14.8. The Balaban J connectivity index is 1.52. The Morgan fingerprint density at radius 2 is 1.80 bits per heavy atom. The fourth-order valence-corrected chi connectivity index (χ4v) is 4.14. The molecule has 0 bridgehead atoms. The van der Waals surface area contributed by atoms with Gasteiger partial charge in [-0.3, -0.25) is 15.1 Å². The Bertz CT molecular complexity index is 1520. The zero-order valence-electron chi connectivity index (χ0n) is 15.3. The minimum atomic E-state index is -0.259. The number of aromatic amines is 2. The van der Waals surface area contributed by atoms with Crippen molar-refractivity contribution in [1.29, 1.82) is 0 Å². The lowest BCUT2D eigenvalue weighted by Crippen LogP contribution is -1.87. The van der Waals surface area contributed by atoms with Crippen molar-refractivity contribution < 1.29 is 4.39 Å². The van der Waals surface area contributed by atoms with Crippen molar-refractivity contribution in [3.63, 3.8) is 0 Å². The summed E-state index contributed by atoms with van der Waals surface area (Å²) in [5, 5.41) is 7.18. The number of nitrogens with zero attached hydrogens (tertiary/aromatic N) is 5. The number of rotatable bonds is 3. The van der Waals surface area contributed by atoms with Gasteiger partial charge in [-0.05, 0) is 42.5 Å². The van der Waals surface area contributed by atoms with Crippen molar-refractivity contribution in [3.8, 4) is 33.3 Å². The Labute approximate surface area is 172 Å². The summed E-state index contributed by atoms with van der Waals surface area (Å²) < 4.78 is 13.5. The van der Waals surface area contributed by atoms with Crippen LogP contribution < -0.4 is 0 Å². The molecule has 9 heteroatoms. The summed E-state index contributed by atoms with van der Waals surface area (Å²) >= 11 is 1.04. The van der Waals surface area contributed by atoms with Crippen LogP contribution in [-0.2, 0) is 0 Å². The van der Waals surface area contributed by atoms with E-state index in [2.05, 4.69) is 25.1 Å². The van der Waals surface area contributed by atoms with Gasteiger partial charge >= 0.3 is 0 Å². The molecule has 6 aromatic rings. The number of H-pyrrole nitrogens is 2. The molecule has 0 aliphatic heterocycles. The molecule has 0 aliphatic carbocycles. The normalized spacial score (nSPS) is 11.5. The van der Waals surface area contributed by atoms with E-state index in [1.54, 1.807) is 24.7 Å². The molecule has 0 atom stereocenters. The smallest absolute Gasteiger partial charge is 0.177 e. The standard InChI is InChI=1S/C21H12FN7S/c22-16-6-5-15(30-16)19-17-13(7-9-24-19)26-21(27-17)20-18-14(28-29-20)4-3-12(25-18)11-2-1-8-23-10-11/h1-10H,(H,26,27)(H,28,29). The van der Waals surface area contributed by atoms with E-state index in [1.807, 2.05) is 30.3 Å². The van der Waals surface area contributed by atoms with Crippen LogP contribution in [0.2, 0.25) is 0 Å². The molecule has 0 amide bonds. The van der Waals surface area contributed by atoms with Gasteiger partial charge in [-0.2, -0.15) is 9.49 Å². The maximum Gasteiger partial charge on any atom is 0.177 e. The summed E-state index contributed by atoms with van der Waals surface area (Å²) in [6, 6.07) is 12.7. The molecule has 0 unspecified atom stereocenters. The Kier molecular flexibility index (Phi) is 3.68. The van der Waals surface area contributed by atoms with Crippen LogP contribution in [0.25, 0.3) is 55.4 Å². The van der Waals surface area contributed by atoms with Crippen LogP contribution in [0.5, 0.6) is 0 Å². The lowest BCUT2D eigenvalue weighted by atomic mass is 10.2. The summed E-state index contributed by atoms with van der Waals surface area (Å²) in [4.78, 5) is 22.1. The summed E-state index contributed by atoms with van der Waals surface area (Å²) in [5.41, 5.74) is 5.91. The van der Waals surface area contributed by atoms with Gasteiger partial charge in [0.05, 0.1) is 21.6 Å². The van der Waals surface area contributed by atoms with Crippen LogP contribution in [0.4, 0.5) is 4.39 Å². The number of imidazole rings is 1. The van der Waals surface area contributed by atoms with Gasteiger partial charge in [0, 0.05) is 24.2 Å². The van der Waals surface area contributed by atoms with E-state index in [-0.39, 0.29) is 5.13 Å². The molecule has 0 radical (unpaired) electrons. The Morgan fingerprint density at radius 1 is 0.867 bits per heavy atom. The van der Waals surface area contributed by atoms with Crippen molar-refractivity contribution in [2.45, 2.75) is 0 Å². The lowest BCUT2D eigenvalue weighted by Gasteiger charge is -2.00. The van der Waals surface area contributed by atoms with Crippen LogP contribution in [0.1, 0.15) is 0 Å². The van der Waals surface area contributed by atoms with Gasteiger partial charge in [0.2, 0.25) is 0 Å². The lowest BCUT2D eigenvalue weighted by molar-refractivity contribution is 0.657. The number of hydrogen-bond acceptors (Lipinski definition) is 6. The average molecular weight is 413 g/mol. The van der Waals surface area contributed by atoms with Crippen LogP contribution in [0.3, 0.4) is 0 Å². The van der Waals surface area contributed by atoms with Crippen molar-refractivity contribution in [2.75, 3.05) is 0 Å². The first-order valence-electron chi connectivity index (χ1n) is 9.12. The first-order valence-corrected chi connectivity index (χ1v) is 9.94. The van der Waals surface area contributed by atoms with Gasteiger partial charge in [0.15, 0.2) is 16.6 Å². The predicted molar refractivity (Wildman–Crippen MR) is 113 cm³/mol. The molecule has 0 aromatic carbocycles. The van der Waals surface area contributed by atoms with Gasteiger partial charge in [-0.1, -0.05) is 0 Å². The molecule has 0 spiro atoms. The zero-order chi connectivity index (χ0) is 20.1. The van der Waals surface area contributed by atoms with E-state index in [0.717, 1.165) is 38.5 Å². The highest BCUT2D eigenvalue weighted by Gasteiger charge is 2.18. The van der Waals surface area contributed by atoms with Crippen molar-refractivity contribution in [3.05, 3.63) is 66.2 Å². The quantitative estimate of drug-likeness (QED) is 0.433. The maximum atomic E-state index is 13.5. The predicted octanol–water partition coefficient (Wildman–Crippen LogP) is 4.83. The molecule has 0 aliphatic rings. The van der Waals surface area contributed by atoms with Crippen molar-refractivity contribution >= 4 is 33.4 Å². The molecule has 7 nitrogen and oxygen atoms in total. The topological polar surface area (TPSA) is 96.0 Å². The number of fused-ring (bicyclic) bond motifs is 2. The van der Waals surface area contributed by atoms with E-state index in [9.17, 15) is 4.39 Å². The van der Waals surface area contributed by atoms with Crippen molar-refractivity contribution in [2.24, 2.45) is 0 Å². The molecule has 0 fully saturated rings. The second-order valence-electron chi connectivity index (χ2n) is 6.65. The molecule has 6 aromatic heterocycles. The Hall–Kier alpha value is -3.98. The van der Waals surface area contributed by atoms with Crippen LogP contribution in [0.15, 0.2) is 61.1 Å². The first kappa shape index (κ1) is 16.9. The average Bonchev–Trinajstić information content (AvgIpc) is 3.51. The summed E-state index contributed by atoms with van der Waals surface area (Å²) in [7, 11) is 0. The van der Waals surface area contributed by atoms with Gasteiger partial charge < -0.3 is 4.98 Å². The largest absolute Gasteiger partial charge is 0.336 e. The van der Waals surface area contributed by atoms with Gasteiger partial charge in [0.25, 0.3) is 0 Å². The van der Waals surface area contributed by atoms with Gasteiger partial charge in [-0.15, -0.1) is 11.3 Å². The Morgan fingerprint density at radius 3 is 2.63 bits per heavy atom. The molecule has 2 N–H and O–H groups in total. The number of hydrogen-bond donors (Lipinski definition) is 2. The highest BCUT2D eigenvalue weighted by Crippen LogP contribution is 2.33. The molecular weight excluding hydrogens is 401 g/mol. The molecule has 6 heterocycles. The van der Waals surface area contributed by atoms with Crippen LogP contribution in [-0.4, -0.2) is 35.1 Å². The monoisotopic (exact) mass is 413 g/mol. The minimum Gasteiger partial charge on any atom is -0.336 e. The number of thiophene rings is 1. The number of nitrogens with one attached hydrogen (secondary N) is 2. The second-order valence-corrected chi connectivity index (χ2v) is 7.69. The van der Waals surface area contributed by atoms with E-state index < -0.39 is 0 Å². The zero-order valence-corrected chi connectivity index (χ0v) is 16.1. The highest BCUT2D eigenvalue weighted by molar-refractivity contribution is 7.13. The summed E-state index contributed by atoms with van der Waals surface area (Å²) in [5.74, 6) is 0.568. The summed E-state index contributed by atoms with van der Waals surface area (Å²) in [6.07, 6.45) is 5.18. The van der Waals surface area contributed by atoms with E-state index in [1.165, 1.54) is 6.07 Å². The number of halogens is 1. The molecule has 144 valence electrons. The second kappa shape index (κ2) is 6.53. The molecule has 0 saturated heterocycles. The SMILES string of the molecule is Fc1ccc(-c2nccc3[nH]c(-c4n[nH]c5ccc(-c6cccnc6)nc45)nc23)s1. The number of aromatic nitrogens is 7. The molecule has 6 rings (SSSR count).